The molecule has 0 saturated carbocycles. The fraction of sp³-hybridized carbons (Fsp3) is 0.286. The molecule has 8 nitrogen and oxygen atoms in total. The Balaban J connectivity index is 1.67. The van der Waals surface area contributed by atoms with Crippen molar-refractivity contribution in [2.24, 2.45) is 0 Å². The number of anilines is 1. The molecular weight excluding hydrogens is 402 g/mol. The zero-order valence-electron chi connectivity index (χ0n) is 17.0. The highest BCUT2D eigenvalue weighted by Crippen LogP contribution is 2.38. The Morgan fingerprint density at radius 2 is 1.90 bits per heavy atom. The summed E-state index contributed by atoms with van der Waals surface area (Å²) in [5.41, 5.74) is 5.02. The molecule has 156 valence electrons. The lowest BCUT2D eigenvalue weighted by Gasteiger charge is -2.33. The van der Waals surface area contributed by atoms with E-state index >= 15 is 0 Å². The van der Waals surface area contributed by atoms with Gasteiger partial charge in [0, 0.05) is 6.42 Å². The molecule has 2 atom stereocenters. The summed E-state index contributed by atoms with van der Waals surface area (Å²) in [6, 6.07) is 14.8. The van der Waals surface area contributed by atoms with Gasteiger partial charge in [-0.25, -0.2) is 4.68 Å². The number of nitrogens with one attached hydrogen (secondary N) is 2. The summed E-state index contributed by atoms with van der Waals surface area (Å²) >= 11 is 1.39. The van der Waals surface area contributed by atoms with Crippen molar-refractivity contribution in [2.75, 3.05) is 25.0 Å². The molecule has 0 aliphatic carbocycles. The van der Waals surface area contributed by atoms with Crippen LogP contribution in [-0.2, 0) is 11.2 Å². The van der Waals surface area contributed by atoms with Gasteiger partial charge in [-0.1, -0.05) is 43.0 Å². The monoisotopic (exact) mass is 425 g/mol. The lowest BCUT2D eigenvalue weighted by molar-refractivity contribution is -0.116. The van der Waals surface area contributed by atoms with Gasteiger partial charge >= 0.3 is 0 Å². The van der Waals surface area contributed by atoms with E-state index in [4.69, 9.17) is 9.47 Å². The van der Waals surface area contributed by atoms with Crippen LogP contribution in [0.3, 0.4) is 0 Å². The molecule has 0 fully saturated rings. The van der Waals surface area contributed by atoms with E-state index < -0.39 is 5.25 Å². The van der Waals surface area contributed by atoms with Crippen molar-refractivity contribution in [3.63, 3.8) is 0 Å². The van der Waals surface area contributed by atoms with Gasteiger partial charge in [-0.3, -0.25) is 4.79 Å². The molecule has 0 radical (unpaired) electrons. The summed E-state index contributed by atoms with van der Waals surface area (Å²) in [6.07, 6.45) is 0.730. The third-order valence-electron chi connectivity index (χ3n) is 4.92. The van der Waals surface area contributed by atoms with Gasteiger partial charge in [0.2, 0.25) is 11.1 Å². The second kappa shape index (κ2) is 8.66. The lowest BCUT2D eigenvalue weighted by Crippen LogP contribution is -2.41. The number of amides is 1. The van der Waals surface area contributed by atoms with Crippen LogP contribution in [0, 0.1) is 0 Å². The predicted octanol–water partition coefficient (Wildman–Crippen LogP) is 3.26. The largest absolute Gasteiger partial charge is 0.497 e. The maximum atomic E-state index is 13.3. The number of aryl methyl sites for hydroxylation is 1. The summed E-state index contributed by atoms with van der Waals surface area (Å²) in [5.74, 6) is 2.04. The highest BCUT2D eigenvalue weighted by Gasteiger charge is 2.38. The fourth-order valence-electron chi connectivity index (χ4n) is 3.34. The first-order chi connectivity index (χ1) is 14.6. The molecule has 0 bridgehead atoms. The number of hydrogen-bond donors (Lipinski definition) is 2. The van der Waals surface area contributed by atoms with Gasteiger partial charge in [0.25, 0.3) is 0 Å². The number of fused-ring (bicyclic) bond motifs is 1. The number of aromatic nitrogens is 3. The van der Waals surface area contributed by atoms with Gasteiger partial charge < -0.3 is 20.2 Å². The number of thioether (sulfide) groups is 1. The topological polar surface area (TPSA) is 90.3 Å². The average molecular weight is 426 g/mol. The molecule has 9 heteroatoms. The van der Waals surface area contributed by atoms with Crippen molar-refractivity contribution < 1.29 is 14.3 Å². The first-order valence-corrected chi connectivity index (χ1v) is 10.5. The third kappa shape index (κ3) is 3.80. The predicted molar refractivity (Wildman–Crippen MR) is 116 cm³/mol. The van der Waals surface area contributed by atoms with Crippen LogP contribution in [0.4, 0.5) is 5.69 Å². The summed E-state index contributed by atoms with van der Waals surface area (Å²) in [5, 5.41) is 11.7. The van der Waals surface area contributed by atoms with Crippen LogP contribution in [0.25, 0.3) is 0 Å². The number of nitrogens with zero attached hydrogens (tertiary/aromatic N) is 3. The number of hydrogen-bond acceptors (Lipinski definition) is 7. The molecular formula is C21H23N5O3S. The van der Waals surface area contributed by atoms with Gasteiger partial charge in [0.15, 0.2) is 5.82 Å². The molecule has 2 N–H and O–H groups in total. The molecule has 1 amide bonds. The van der Waals surface area contributed by atoms with Gasteiger partial charge in [-0.15, -0.1) is 10.2 Å². The van der Waals surface area contributed by atoms with E-state index in [0.717, 1.165) is 23.6 Å². The fourth-order valence-corrected chi connectivity index (χ4v) is 4.44. The number of ether oxygens (including phenoxy) is 2. The molecule has 0 spiro atoms. The highest BCUT2D eigenvalue weighted by molar-refractivity contribution is 8.00. The molecule has 30 heavy (non-hydrogen) atoms. The van der Waals surface area contributed by atoms with Crippen LogP contribution in [0.5, 0.6) is 11.5 Å². The smallest absolute Gasteiger partial charge is 0.240 e. The summed E-state index contributed by atoms with van der Waals surface area (Å²) in [7, 11) is 3.21. The maximum absolute atomic E-state index is 13.3. The second-order valence-electron chi connectivity index (χ2n) is 6.70. The Labute approximate surface area is 179 Å². The van der Waals surface area contributed by atoms with Crippen molar-refractivity contribution in [2.45, 2.75) is 29.8 Å². The number of carbonyl (C=O) groups is 1. The standard InChI is InChI=1S/C21H23N5O3S/c1-4-17-23-24-21-26(17)25-18(13-9-11-14(28-2)12-10-13)19(30-21)20(27)22-15-7-5-6-8-16(15)29-3/h5-12,18-19,25H,4H2,1-3H3,(H,22,27). The SMILES string of the molecule is CCc1nnc2n1NC(c1ccc(OC)cc1)C(C(=O)Nc1ccccc1OC)S2. The summed E-state index contributed by atoms with van der Waals surface area (Å²) < 4.78 is 12.5. The number of methoxy groups -OCH3 is 2. The Bertz CT molecular complexity index is 1040. The molecule has 0 saturated heterocycles. The quantitative estimate of drug-likeness (QED) is 0.626. The third-order valence-corrected chi connectivity index (χ3v) is 6.13. The second-order valence-corrected chi connectivity index (χ2v) is 7.80. The van der Waals surface area contributed by atoms with Crippen molar-refractivity contribution >= 4 is 23.4 Å². The molecule has 1 aromatic heterocycles. The van der Waals surface area contributed by atoms with Crippen LogP contribution >= 0.6 is 11.8 Å². The number of benzene rings is 2. The molecule has 3 aromatic rings. The van der Waals surface area contributed by atoms with Crippen molar-refractivity contribution in [1.29, 1.82) is 0 Å². The van der Waals surface area contributed by atoms with Crippen LogP contribution in [0.15, 0.2) is 53.7 Å². The number of para-hydroxylation sites is 2. The molecule has 1 aliphatic rings. The van der Waals surface area contributed by atoms with E-state index in [-0.39, 0.29) is 11.9 Å². The summed E-state index contributed by atoms with van der Waals surface area (Å²) in [4.78, 5) is 13.3. The first kappa shape index (κ1) is 20.1. The van der Waals surface area contributed by atoms with Crippen molar-refractivity contribution in [3.8, 4) is 11.5 Å². The Hall–Kier alpha value is -3.20. The number of rotatable bonds is 6. The minimum absolute atomic E-state index is 0.148. The average Bonchev–Trinajstić information content (AvgIpc) is 3.20. The van der Waals surface area contributed by atoms with Crippen molar-refractivity contribution in [3.05, 3.63) is 59.9 Å². The molecule has 2 heterocycles. The van der Waals surface area contributed by atoms with Crippen LogP contribution in [0.1, 0.15) is 24.4 Å². The zero-order valence-corrected chi connectivity index (χ0v) is 17.8. The van der Waals surface area contributed by atoms with E-state index in [0.29, 0.717) is 16.6 Å². The zero-order chi connectivity index (χ0) is 21.1. The molecule has 2 unspecified atom stereocenters. The molecule has 4 rings (SSSR count). The summed E-state index contributed by atoms with van der Waals surface area (Å²) in [6.45, 7) is 2.02. The van der Waals surface area contributed by atoms with Crippen molar-refractivity contribution in [1.82, 2.24) is 14.9 Å². The van der Waals surface area contributed by atoms with Gasteiger partial charge in [-0.05, 0) is 29.8 Å². The minimum atomic E-state index is -0.468. The lowest BCUT2D eigenvalue weighted by atomic mass is 10.0. The van der Waals surface area contributed by atoms with Gasteiger partial charge in [-0.2, -0.15) is 0 Å². The highest BCUT2D eigenvalue weighted by atomic mass is 32.2. The minimum Gasteiger partial charge on any atom is -0.497 e. The normalized spacial score (nSPS) is 17.6. The van der Waals surface area contributed by atoms with Gasteiger partial charge in [0.1, 0.15) is 16.7 Å². The van der Waals surface area contributed by atoms with Crippen LogP contribution in [0.2, 0.25) is 0 Å². The van der Waals surface area contributed by atoms with E-state index in [1.54, 1.807) is 14.2 Å². The van der Waals surface area contributed by atoms with E-state index in [2.05, 4.69) is 20.9 Å². The van der Waals surface area contributed by atoms with E-state index in [1.165, 1.54) is 11.8 Å². The Morgan fingerprint density at radius 1 is 1.13 bits per heavy atom. The molecule has 1 aliphatic heterocycles. The van der Waals surface area contributed by atoms with Crippen LogP contribution in [-0.4, -0.2) is 40.3 Å². The number of carbonyl (C=O) groups excluding carboxylic acids is 1. The Kier molecular flexibility index (Phi) is 5.80. The van der Waals surface area contributed by atoms with Crippen LogP contribution < -0.4 is 20.2 Å². The molecule has 2 aromatic carbocycles. The maximum Gasteiger partial charge on any atom is 0.240 e. The Morgan fingerprint density at radius 3 is 2.60 bits per heavy atom. The van der Waals surface area contributed by atoms with Gasteiger partial charge in [0.05, 0.1) is 25.9 Å². The first-order valence-electron chi connectivity index (χ1n) is 9.60. The van der Waals surface area contributed by atoms with E-state index in [9.17, 15) is 4.79 Å². The van der Waals surface area contributed by atoms with E-state index in [1.807, 2.05) is 60.1 Å².